The van der Waals surface area contributed by atoms with Crippen LogP contribution >= 0.6 is 23.2 Å². The molecule has 1 heterocycles. The van der Waals surface area contributed by atoms with Crippen LogP contribution in [0.25, 0.3) is 5.69 Å². The summed E-state index contributed by atoms with van der Waals surface area (Å²) in [5, 5.41) is 8.49. The lowest BCUT2D eigenvalue weighted by Gasteiger charge is -2.23. The highest BCUT2D eigenvalue weighted by atomic mass is 35.5. The molecule has 2 amide bonds. The Kier molecular flexibility index (Phi) is 8.24. The molecule has 0 saturated carbocycles. The van der Waals surface area contributed by atoms with Crippen molar-refractivity contribution in [3.05, 3.63) is 111 Å². The first kappa shape index (κ1) is 27.4. The minimum absolute atomic E-state index is 0.179. The predicted molar refractivity (Wildman–Crippen MR) is 153 cm³/mol. The number of para-hydroxylation sites is 1. The molecule has 0 aliphatic rings. The monoisotopic (exact) mass is 548 g/mol. The van der Waals surface area contributed by atoms with Gasteiger partial charge in [-0.3, -0.25) is 9.59 Å². The number of hydrogen-bond donors (Lipinski definition) is 1. The largest absolute Gasteiger partial charge is 0.325 e. The fourth-order valence-corrected chi connectivity index (χ4v) is 4.57. The number of halogens is 2. The van der Waals surface area contributed by atoms with Crippen molar-refractivity contribution in [1.29, 1.82) is 0 Å². The van der Waals surface area contributed by atoms with Crippen molar-refractivity contribution in [1.82, 2.24) is 14.7 Å². The van der Waals surface area contributed by atoms with Crippen molar-refractivity contribution >= 4 is 40.8 Å². The molecule has 8 heteroatoms. The van der Waals surface area contributed by atoms with Crippen LogP contribution in [0, 0.1) is 6.92 Å². The van der Waals surface area contributed by atoms with Gasteiger partial charge in [-0.25, -0.2) is 4.68 Å². The zero-order chi connectivity index (χ0) is 27.4. The lowest BCUT2D eigenvalue weighted by atomic mass is 9.92. The van der Waals surface area contributed by atoms with Crippen LogP contribution in [0.5, 0.6) is 0 Å². The molecule has 0 saturated heterocycles. The van der Waals surface area contributed by atoms with Gasteiger partial charge in [-0.05, 0) is 42.3 Å². The van der Waals surface area contributed by atoms with Crippen LogP contribution in [0.1, 0.15) is 48.0 Å². The van der Waals surface area contributed by atoms with E-state index in [4.69, 9.17) is 28.3 Å². The molecule has 0 radical (unpaired) electrons. The van der Waals surface area contributed by atoms with Crippen LogP contribution in [0.2, 0.25) is 10.0 Å². The van der Waals surface area contributed by atoms with Gasteiger partial charge in [0, 0.05) is 33.6 Å². The van der Waals surface area contributed by atoms with E-state index in [0.29, 0.717) is 21.4 Å². The number of anilines is 1. The topological polar surface area (TPSA) is 67.2 Å². The highest BCUT2D eigenvalue weighted by Crippen LogP contribution is 2.28. The SMILES string of the molecule is Cc1ccccc1-n1nc(C(C)(C)C)cc1NC(=O)CN(Cc1ccccc1)C(=O)c1cc(Cl)cc(Cl)c1. The number of amides is 2. The number of hydrogen-bond acceptors (Lipinski definition) is 3. The van der Waals surface area contributed by atoms with Crippen molar-refractivity contribution in [2.75, 3.05) is 11.9 Å². The molecule has 0 unspecified atom stereocenters. The average molecular weight is 550 g/mol. The number of aryl methyl sites for hydroxylation is 1. The summed E-state index contributed by atoms with van der Waals surface area (Å²) in [7, 11) is 0. The maximum Gasteiger partial charge on any atom is 0.254 e. The second kappa shape index (κ2) is 11.4. The van der Waals surface area contributed by atoms with E-state index in [1.165, 1.54) is 4.90 Å². The summed E-state index contributed by atoms with van der Waals surface area (Å²) in [5.41, 5.74) is 3.69. The summed E-state index contributed by atoms with van der Waals surface area (Å²) in [6.45, 7) is 8.26. The molecule has 0 aliphatic heterocycles. The molecule has 0 atom stereocenters. The van der Waals surface area contributed by atoms with Crippen LogP contribution < -0.4 is 5.32 Å². The Hall–Kier alpha value is -3.61. The van der Waals surface area contributed by atoms with Crippen LogP contribution in [0.15, 0.2) is 78.9 Å². The smallest absolute Gasteiger partial charge is 0.254 e. The van der Waals surface area contributed by atoms with Crippen molar-refractivity contribution in [3.8, 4) is 5.69 Å². The van der Waals surface area contributed by atoms with Gasteiger partial charge in [0.2, 0.25) is 5.91 Å². The predicted octanol–water partition coefficient (Wildman–Crippen LogP) is 7.07. The summed E-state index contributed by atoms with van der Waals surface area (Å²) in [4.78, 5) is 28.4. The van der Waals surface area contributed by atoms with Crippen LogP contribution in [-0.4, -0.2) is 33.0 Å². The van der Waals surface area contributed by atoms with Crippen molar-refractivity contribution < 1.29 is 9.59 Å². The van der Waals surface area contributed by atoms with E-state index in [1.54, 1.807) is 22.9 Å². The van der Waals surface area contributed by atoms with Gasteiger partial charge < -0.3 is 10.2 Å². The zero-order valence-electron chi connectivity index (χ0n) is 21.8. The lowest BCUT2D eigenvalue weighted by Crippen LogP contribution is -2.38. The number of benzene rings is 3. The number of nitrogens with zero attached hydrogens (tertiary/aromatic N) is 3. The van der Waals surface area contributed by atoms with Crippen molar-refractivity contribution in [2.45, 2.75) is 39.7 Å². The molecule has 1 N–H and O–H groups in total. The van der Waals surface area contributed by atoms with Gasteiger partial charge in [0.1, 0.15) is 12.4 Å². The van der Waals surface area contributed by atoms with Crippen LogP contribution in [-0.2, 0) is 16.8 Å². The molecule has 0 aliphatic carbocycles. The van der Waals surface area contributed by atoms with Crippen molar-refractivity contribution in [3.63, 3.8) is 0 Å². The van der Waals surface area contributed by atoms with Gasteiger partial charge in [-0.1, -0.05) is 92.5 Å². The summed E-state index contributed by atoms with van der Waals surface area (Å²) in [6, 6.07) is 23.9. The second-order valence-electron chi connectivity index (χ2n) is 10.2. The Morgan fingerprint density at radius 2 is 1.55 bits per heavy atom. The molecular weight excluding hydrogens is 519 g/mol. The minimum Gasteiger partial charge on any atom is -0.325 e. The summed E-state index contributed by atoms with van der Waals surface area (Å²) in [5.74, 6) is -0.166. The quantitative estimate of drug-likeness (QED) is 0.268. The van der Waals surface area contributed by atoms with Gasteiger partial charge in [-0.2, -0.15) is 5.10 Å². The van der Waals surface area contributed by atoms with E-state index < -0.39 is 0 Å². The molecule has 4 aromatic rings. The first-order valence-electron chi connectivity index (χ1n) is 12.3. The van der Waals surface area contributed by atoms with E-state index in [2.05, 4.69) is 26.1 Å². The maximum absolute atomic E-state index is 13.5. The van der Waals surface area contributed by atoms with Crippen LogP contribution in [0.4, 0.5) is 5.82 Å². The molecule has 196 valence electrons. The Bertz CT molecular complexity index is 1440. The van der Waals surface area contributed by atoms with E-state index in [0.717, 1.165) is 22.5 Å². The first-order chi connectivity index (χ1) is 18.0. The second-order valence-corrected chi connectivity index (χ2v) is 11.1. The molecule has 1 aromatic heterocycles. The number of nitrogens with one attached hydrogen (secondary N) is 1. The van der Waals surface area contributed by atoms with Gasteiger partial charge in [-0.15, -0.1) is 0 Å². The van der Waals surface area contributed by atoms with Gasteiger partial charge >= 0.3 is 0 Å². The van der Waals surface area contributed by atoms with E-state index in [-0.39, 0.29) is 30.3 Å². The van der Waals surface area contributed by atoms with Crippen LogP contribution in [0.3, 0.4) is 0 Å². The van der Waals surface area contributed by atoms with Gasteiger partial charge in [0.15, 0.2) is 0 Å². The number of aromatic nitrogens is 2. The number of carbonyl (C=O) groups excluding carboxylic acids is 2. The Morgan fingerprint density at radius 1 is 0.921 bits per heavy atom. The molecule has 0 bridgehead atoms. The minimum atomic E-state index is -0.351. The third-order valence-electron chi connectivity index (χ3n) is 6.04. The summed E-state index contributed by atoms with van der Waals surface area (Å²) in [6.07, 6.45) is 0. The van der Waals surface area contributed by atoms with E-state index in [9.17, 15) is 9.59 Å². The van der Waals surface area contributed by atoms with E-state index in [1.807, 2.05) is 67.6 Å². The molecule has 3 aromatic carbocycles. The Morgan fingerprint density at radius 3 is 2.18 bits per heavy atom. The highest BCUT2D eigenvalue weighted by molar-refractivity contribution is 6.35. The molecule has 4 rings (SSSR count). The summed E-state index contributed by atoms with van der Waals surface area (Å²) < 4.78 is 1.74. The average Bonchev–Trinajstić information content (AvgIpc) is 3.27. The molecule has 38 heavy (non-hydrogen) atoms. The maximum atomic E-state index is 13.5. The number of carbonyl (C=O) groups is 2. The molecule has 0 fully saturated rings. The Labute approximate surface area is 233 Å². The highest BCUT2D eigenvalue weighted by Gasteiger charge is 2.24. The van der Waals surface area contributed by atoms with E-state index >= 15 is 0 Å². The lowest BCUT2D eigenvalue weighted by molar-refractivity contribution is -0.117. The normalized spacial score (nSPS) is 11.3. The van der Waals surface area contributed by atoms with Gasteiger partial charge in [0.25, 0.3) is 5.91 Å². The molecule has 6 nitrogen and oxygen atoms in total. The zero-order valence-corrected chi connectivity index (χ0v) is 23.3. The Balaban J connectivity index is 1.65. The van der Waals surface area contributed by atoms with Gasteiger partial charge in [0.05, 0.1) is 11.4 Å². The summed E-state index contributed by atoms with van der Waals surface area (Å²) >= 11 is 12.3. The third-order valence-corrected chi connectivity index (χ3v) is 6.47. The third kappa shape index (κ3) is 6.63. The standard InChI is InChI=1S/C30H30Cl2N4O2/c1-20-10-8-9-13-25(20)36-27(17-26(34-36)30(2,3)4)33-28(37)19-35(18-21-11-6-5-7-12-21)29(38)22-14-23(31)16-24(32)15-22/h5-17H,18-19H2,1-4H3,(H,33,37). The number of rotatable bonds is 7. The fraction of sp³-hybridized carbons (Fsp3) is 0.233. The first-order valence-corrected chi connectivity index (χ1v) is 13.0. The van der Waals surface area contributed by atoms with Crippen molar-refractivity contribution in [2.24, 2.45) is 0 Å². The molecular formula is C30H30Cl2N4O2. The fourth-order valence-electron chi connectivity index (χ4n) is 4.04. The molecule has 0 spiro atoms.